The number of amidine groups is 1. The molecule has 0 aliphatic carbocycles. The van der Waals surface area contributed by atoms with E-state index in [9.17, 15) is 4.79 Å². The van der Waals surface area contributed by atoms with Gasteiger partial charge in [-0.15, -0.1) is 0 Å². The van der Waals surface area contributed by atoms with Crippen molar-refractivity contribution in [1.82, 2.24) is 4.90 Å². The Hall–Kier alpha value is -1.10. The number of carbonyl (C=O) groups is 1. The van der Waals surface area contributed by atoms with Crippen LogP contribution >= 0.6 is 0 Å². The lowest BCUT2D eigenvalue weighted by Crippen LogP contribution is -2.53. The Balaban J connectivity index is 2.77. The smallest absolute Gasteiger partial charge is 0.345 e. The average Bonchev–Trinajstić information content (AvgIpc) is 2.28. The van der Waals surface area contributed by atoms with Gasteiger partial charge in [0.15, 0.2) is 0 Å². The first-order valence-corrected chi connectivity index (χ1v) is 4.22. The van der Waals surface area contributed by atoms with E-state index in [0.29, 0.717) is 19.0 Å². The molecule has 0 bridgehead atoms. The van der Waals surface area contributed by atoms with Gasteiger partial charge in [-0.25, -0.2) is 4.79 Å². The van der Waals surface area contributed by atoms with Crippen LogP contribution in [0.25, 0.3) is 0 Å². The zero-order chi connectivity index (χ0) is 10.1. The highest BCUT2D eigenvalue weighted by molar-refractivity contribution is 6.05. The van der Waals surface area contributed by atoms with Gasteiger partial charge in [-0.05, 0) is 13.8 Å². The summed E-state index contributed by atoms with van der Waals surface area (Å²) < 4.78 is 5.25. The number of nitrogens with two attached hydrogens (primary N) is 1. The molecule has 5 nitrogen and oxygen atoms in total. The lowest BCUT2D eigenvalue weighted by Gasteiger charge is -2.31. The minimum Gasteiger partial charge on any atom is -0.385 e. The molecule has 1 rings (SSSR count). The molecule has 2 N–H and O–H groups in total. The number of amides is 2. The van der Waals surface area contributed by atoms with Gasteiger partial charge in [-0.2, -0.15) is 4.99 Å². The van der Waals surface area contributed by atoms with Crippen LogP contribution in [0.4, 0.5) is 4.79 Å². The Labute approximate surface area is 77.6 Å². The summed E-state index contributed by atoms with van der Waals surface area (Å²) >= 11 is 0. The van der Waals surface area contributed by atoms with Gasteiger partial charge in [-0.3, -0.25) is 0 Å². The Kier molecular flexibility index (Phi) is 2.56. The van der Waals surface area contributed by atoms with Gasteiger partial charge < -0.3 is 15.4 Å². The molecule has 0 aromatic carbocycles. The molecule has 74 valence electrons. The quantitative estimate of drug-likeness (QED) is 0.683. The van der Waals surface area contributed by atoms with Crippen molar-refractivity contribution >= 4 is 11.9 Å². The monoisotopic (exact) mass is 185 g/mol. The molecule has 1 atom stereocenters. The van der Waals surface area contributed by atoms with E-state index in [0.717, 1.165) is 0 Å². The van der Waals surface area contributed by atoms with Crippen LogP contribution < -0.4 is 5.73 Å². The molecule has 0 saturated heterocycles. The van der Waals surface area contributed by atoms with Crippen LogP contribution in [0.1, 0.15) is 13.8 Å². The van der Waals surface area contributed by atoms with Crippen molar-refractivity contribution in [2.75, 3.05) is 20.3 Å². The van der Waals surface area contributed by atoms with Gasteiger partial charge in [0.25, 0.3) is 0 Å². The van der Waals surface area contributed by atoms with Crippen molar-refractivity contribution in [2.24, 2.45) is 10.7 Å². The summed E-state index contributed by atoms with van der Waals surface area (Å²) in [6.45, 7) is 4.73. The minimum absolute atomic E-state index is 0.306. The Morgan fingerprint density at radius 1 is 1.69 bits per heavy atom. The van der Waals surface area contributed by atoms with Gasteiger partial charge in [0.05, 0.1) is 6.61 Å². The highest BCUT2D eigenvalue weighted by atomic mass is 16.5. The highest BCUT2D eigenvalue weighted by Crippen LogP contribution is 2.21. The maximum atomic E-state index is 11.2. The Morgan fingerprint density at radius 2 is 2.31 bits per heavy atom. The summed E-state index contributed by atoms with van der Waals surface area (Å²) in [7, 11) is 1.67. The number of urea groups is 1. The van der Waals surface area contributed by atoms with Gasteiger partial charge in [0.1, 0.15) is 11.4 Å². The van der Waals surface area contributed by atoms with Crippen molar-refractivity contribution in [2.45, 2.75) is 19.4 Å². The number of aliphatic imine (C=N–C) groups is 1. The van der Waals surface area contributed by atoms with Gasteiger partial charge in [0, 0.05) is 13.7 Å². The predicted molar refractivity (Wildman–Crippen MR) is 49.7 cm³/mol. The molecule has 1 aliphatic heterocycles. The first kappa shape index (κ1) is 9.98. The van der Waals surface area contributed by atoms with Crippen LogP contribution in [0.15, 0.2) is 4.99 Å². The van der Waals surface area contributed by atoms with Crippen molar-refractivity contribution in [1.29, 1.82) is 0 Å². The SMILES string of the molecule is CCOCC1(C)C(N)=NC(=O)N1C. The largest absolute Gasteiger partial charge is 0.385 e. The van der Waals surface area contributed by atoms with E-state index in [4.69, 9.17) is 10.5 Å². The standard InChI is InChI=1S/C8H15N3O2/c1-4-13-5-8(2)6(9)10-7(12)11(8)3/h4-5H2,1-3H3,(H2,9,10,12). The van der Waals surface area contributed by atoms with Crippen LogP contribution in [0.5, 0.6) is 0 Å². The van der Waals surface area contributed by atoms with Crippen molar-refractivity contribution in [3.05, 3.63) is 0 Å². The molecule has 0 aromatic rings. The molecule has 13 heavy (non-hydrogen) atoms. The summed E-state index contributed by atoms with van der Waals surface area (Å²) in [5, 5.41) is 0. The molecule has 0 fully saturated rings. The molecular weight excluding hydrogens is 170 g/mol. The second-order valence-electron chi connectivity index (χ2n) is 3.25. The maximum Gasteiger partial charge on any atom is 0.345 e. The first-order valence-electron chi connectivity index (χ1n) is 4.22. The molecule has 0 saturated carbocycles. The fourth-order valence-electron chi connectivity index (χ4n) is 1.15. The van der Waals surface area contributed by atoms with E-state index >= 15 is 0 Å². The van der Waals surface area contributed by atoms with Crippen molar-refractivity contribution in [3.8, 4) is 0 Å². The molecule has 1 unspecified atom stereocenters. The molecule has 0 aromatic heterocycles. The molecule has 1 heterocycles. The number of ether oxygens (including phenoxy) is 1. The maximum absolute atomic E-state index is 11.2. The zero-order valence-corrected chi connectivity index (χ0v) is 8.20. The molecule has 1 aliphatic rings. The summed E-state index contributed by atoms with van der Waals surface area (Å²) in [6.07, 6.45) is 0. The van der Waals surface area contributed by atoms with E-state index in [1.807, 2.05) is 13.8 Å². The number of likely N-dealkylation sites (N-methyl/N-ethyl adjacent to an activating group) is 1. The fourth-order valence-corrected chi connectivity index (χ4v) is 1.15. The van der Waals surface area contributed by atoms with Gasteiger partial charge >= 0.3 is 6.03 Å². The van der Waals surface area contributed by atoms with E-state index in [1.165, 1.54) is 4.90 Å². The molecule has 5 heteroatoms. The van der Waals surface area contributed by atoms with E-state index in [1.54, 1.807) is 7.05 Å². The third-order valence-electron chi connectivity index (χ3n) is 2.38. The van der Waals surface area contributed by atoms with Crippen LogP contribution in [0, 0.1) is 0 Å². The lowest BCUT2D eigenvalue weighted by atomic mass is 10.0. The van der Waals surface area contributed by atoms with E-state index in [2.05, 4.69) is 4.99 Å². The Morgan fingerprint density at radius 3 is 2.69 bits per heavy atom. The molecular formula is C8H15N3O2. The van der Waals surface area contributed by atoms with Crippen molar-refractivity contribution in [3.63, 3.8) is 0 Å². The third kappa shape index (κ3) is 1.51. The van der Waals surface area contributed by atoms with Gasteiger partial charge in [-0.1, -0.05) is 0 Å². The number of rotatable bonds is 3. The summed E-state index contributed by atoms with van der Waals surface area (Å²) in [5.74, 6) is 0.327. The zero-order valence-electron chi connectivity index (χ0n) is 8.20. The number of hydrogen-bond acceptors (Lipinski definition) is 3. The van der Waals surface area contributed by atoms with E-state index < -0.39 is 5.54 Å². The van der Waals surface area contributed by atoms with Crippen LogP contribution in [0.2, 0.25) is 0 Å². The topological polar surface area (TPSA) is 67.9 Å². The molecule has 0 radical (unpaired) electrons. The van der Waals surface area contributed by atoms with Crippen LogP contribution in [-0.4, -0.2) is 42.6 Å². The lowest BCUT2D eigenvalue weighted by molar-refractivity contribution is 0.0769. The Bertz CT molecular complexity index is 252. The second-order valence-corrected chi connectivity index (χ2v) is 3.25. The van der Waals surface area contributed by atoms with Crippen LogP contribution in [-0.2, 0) is 4.74 Å². The van der Waals surface area contributed by atoms with Crippen LogP contribution in [0.3, 0.4) is 0 Å². The number of nitrogens with zero attached hydrogens (tertiary/aromatic N) is 2. The third-order valence-corrected chi connectivity index (χ3v) is 2.38. The highest BCUT2D eigenvalue weighted by Gasteiger charge is 2.42. The summed E-state index contributed by atoms with van der Waals surface area (Å²) in [6, 6.07) is -0.306. The first-order chi connectivity index (χ1) is 6.02. The molecule has 2 amide bonds. The number of hydrogen-bond donors (Lipinski definition) is 1. The van der Waals surface area contributed by atoms with E-state index in [-0.39, 0.29) is 6.03 Å². The molecule has 0 spiro atoms. The second kappa shape index (κ2) is 3.33. The van der Waals surface area contributed by atoms with Crippen molar-refractivity contribution < 1.29 is 9.53 Å². The fraction of sp³-hybridized carbons (Fsp3) is 0.750. The predicted octanol–water partition coefficient (Wildman–Crippen LogP) is 0.204. The van der Waals surface area contributed by atoms with Gasteiger partial charge in [0.2, 0.25) is 0 Å². The summed E-state index contributed by atoms with van der Waals surface area (Å²) in [5.41, 5.74) is 5.07. The number of carbonyl (C=O) groups excluding carboxylic acids is 1. The minimum atomic E-state index is -0.576. The normalized spacial score (nSPS) is 28.1. The average molecular weight is 185 g/mol. The summed E-state index contributed by atoms with van der Waals surface area (Å²) in [4.78, 5) is 16.3.